The number of pyridine rings is 1. The lowest BCUT2D eigenvalue weighted by Gasteiger charge is -2.39. The van der Waals surface area contributed by atoms with Crippen molar-refractivity contribution in [3.8, 4) is 11.5 Å². The number of carbonyl (C=O) groups is 2. The van der Waals surface area contributed by atoms with Crippen LogP contribution in [0.25, 0.3) is 10.9 Å². The summed E-state index contributed by atoms with van der Waals surface area (Å²) in [6.07, 6.45) is 8.70. The average molecular weight is 502 g/mol. The second-order valence-electron chi connectivity index (χ2n) is 9.92. The Balaban J connectivity index is 1.29. The van der Waals surface area contributed by atoms with Gasteiger partial charge in [-0.3, -0.25) is 14.6 Å². The molecule has 37 heavy (non-hydrogen) atoms. The fourth-order valence-corrected chi connectivity index (χ4v) is 5.30. The molecule has 2 amide bonds. The molecule has 3 saturated carbocycles. The molecule has 3 aliphatic rings. The van der Waals surface area contributed by atoms with Gasteiger partial charge in [0.25, 0.3) is 0 Å². The predicted octanol–water partition coefficient (Wildman–Crippen LogP) is 4.26. The number of hydrogen-bond acceptors (Lipinski definition) is 6. The normalized spacial score (nSPS) is 20.3. The van der Waals surface area contributed by atoms with E-state index in [1.165, 1.54) is 12.5 Å². The second kappa shape index (κ2) is 9.65. The number of amides is 2. The number of ether oxygens (including phenoxy) is 1. The van der Waals surface area contributed by atoms with E-state index in [1.807, 2.05) is 0 Å². The maximum Gasteiger partial charge on any atom is 0.248 e. The number of halogens is 1. The van der Waals surface area contributed by atoms with Gasteiger partial charge < -0.3 is 26.5 Å². The predicted molar refractivity (Wildman–Crippen MR) is 138 cm³/mol. The fraction of sp³-hybridized carbons (Fsp3) is 0.286. The van der Waals surface area contributed by atoms with Crippen LogP contribution in [0.5, 0.6) is 11.5 Å². The van der Waals surface area contributed by atoms with Gasteiger partial charge >= 0.3 is 0 Å². The van der Waals surface area contributed by atoms with Crippen molar-refractivity contribution in [3.05, 3.63) is 77.0 Å². The smallest absolute Gasteiger partial charge is 0.248 e. The lowest BCUT2D eigenvalue weighted by Crippen LogP contribution is -2.47. The molecule has 8 nitrogen and oxygen atoms in total. The van der Waals surface area contributed by atoms with Gasteiger partial charge in [-0.15, -0.1) is 0 Å². The van der Waals surface area contributed by atoms with E-state index in [2.05, 4.69) is 15.6 Å². The maximum absolute atomic E-state index is 15.0. The number of fused-ring (bicyclic) bond motifs is 2. The van der Waals surface area contributed by atoms with Crippen molar-refractivity contribution in [2.45, 2.75) is 44.6 Å². The summed E-state index contributed by atoms with van der Waals surface area (Å²) < 4.78 is 21.0. The molecule has 0 saturated heterocycles. The SMILES string of the molecule is Cc1cc(CC(=O)N/C(C=N)=C/NC23CCC(C2)C3)c(F)cc1Oc1ccnc2ccc(C(N)=O)cc12. The van der Waals surface area contributed by atoms with E-state index in [9.17, 15) is 14.0 Å². The summed E-state index contributed by atoms with van der Waals surface area (Å²) in [6, 6.07) is 9.27. The third-order valence-corrected chi connectivity index (χ3v) is 7.26. The third kappa shape index (κ3) is 5.02. The molecule has 1 aromatic heterocycles. The molecule has 190 valence electrons. The summed E-state index contributed by atoms with van der Waals surface area (Å²) in [4.78, 5) is 28.5. The Morgan fingerprint density at radius 2 is 2.05 bits per heavy atom. The van der Waals surface area contributed by atoms with Gasteiger partial charge in [0.15, 0.2) is 0 Å². The van der Waals surface area contributed by atoms with Crippen molar-refractivity contribution in [3.63, 3.8) is 0 Å². The molecule has 2 aromatic carbocycles. The number of nitrogens with zero attached hydrogens (tertiary/aromatic N) is 1. The molecular formula is C28H28FN5O3. The van der Waals surface area contributed by atoms with E-state index in [4.69, 9.17) is 15.9 Å². The van der Waals surface area contributed by atoms with Crippen molar-refractivity contribution in [2.24, 2.45) is 11.7 Å². The molecule has 0 atom stereocenters. The van der Waals surface area contributed by atoms with E-state index < -0.39 is 17.6 Å². The largest absolute Gasteiger partial charge is 0.456 e. The molecule has 0 unspecified atom stereocenters. The molecule has 6 rings (SSSR count). The van der Waals surface area contributed by atoms with E-state index in [0.717, 1.165) is 31.4 Å². The molecular weight excluding hydrogens is 473 g/mol. The summed E-state index contributed by atoms with van der Waals surface area (Å²) in [5, 5.41) is 14.2. The highest BCUT2D eigenvalue weighted by atomic mass is 19.1. The molecule has 0 spiro atoms. The number of nitrogens with one attached hydrogen (secondary N) is 3. The molecule has 0 radical (unpaired) electrons. The van der Waals surface area contributed by atoms with Gasteiger partial charge in [-0.1, -0.05) is 0 Å². The standard InChI is InChI=1S/C28H28FN5O3/c1-16-8-19(10-26(35)34-20(14-30)15-33-28-6-4-17(12-28)13-28)22(29)11-25(16)37-24-5-7-32-23-3-2-18(27(31)36)9-21(23)24/h2-3,5,7-9,11,14-15,17,30,33H,4,6,10,12-13H2,1H3,(H2,31,36)(H,34,35)/b20-15+,30-14?. The van der Waals surface area contributed by atoms with E-state index >= 15 is 0 Å². The average Bonchev–Trinajstić information content (AvgIpc) is 3.46. The van der Waals surface area contributed by atoms with Crippen LogP contribution in [0.1, 0.15) is 47.2 Å². The summed E-state index contributed by atoms with van der Waals surface area (Å²) in [7, 11) is 0. The van der Waals surface area contributed by atoms with Gasteiger partial charge in [-0.05, 0) is 80.0 Å². The van der Waals surface area contributed by atoms with Crippen LogP contribution in [0.4, 0.5) is 4.39 Å². The zero-order valence-electron chi connectivity index (χ0n) is 20.4. The molecule has 1 heterocycles. The van der Waals surface area contributed by atoms with Gasteiger partial charge in [0.05, 0.1) is 17.6 Å². The van der Waals surface area contributed by atoms with Crippen LogP contribution in [0.3, 0.4) is 0 Å². The minimum Gasteiger partial charge on any atom is -0.456 e. The highest BCUT2D eigenvalue weighted by Gasteiger charge is 2.49. The van der Waals surface area contributed by atoms with Crippen LogP contribution in [-0.4, -0.2) is 28.6 Å². The summed E-state index contributed by atoms with van der Waals surface area (Å²) in [5.74, 6) is -0.115. The monoisotopic (exact) mass is 501 g/mol. The molecule has 3 aromatic rings. The fourth-order valence-electron chi connectivity index (χ4n) is 5.30. The van der Waals surface area contributed by atoms with Gasteiger partial charge in [0.1, 0.15) is 17.3 Å². The highest BCUT2D eigenvalue weighted by Crippen LogP contribution is 2.51. The van der Waals surface area contributed by atoms with E-state index in [-0.39, 0.29) is 23.3 Å². The Morgan fingerprint density at radius 1 is 1.24 bits per heavy atom. The first-order valence-electron chi connectivity index (χ1n) is 12.2. The van der Waals surface area contributed by atoms with Crippen LogP contribution in [-0.2, 0) is 11.2 Å². The van der Waals surface area contributed by atoms with E-state index in [1.54, 1.807) is 49.7 Å². The Kier molecular flexibility index (Phi) is 6.37. The van der Waals surface area contributed by atoms with Gasteiger partial charge in [-0.2, -0.15) is 0 Å². The lowest BCUT2D eigenvalue weighted by molar-refractivity contribution is -0.119. The molecule has 0 aliphatic heterocycles. The summed E-state index contributed by atoms with van der Waals surface area (Å²) in [5.41, 5.74) is 7.59. The summed E-state index contributed by atoms with van der Waals surface area (Å²) >= 11 is 0. The van der Waals surface area contributed by atoms with Crippen LogP contribution < -0.4 is 21.1 Å². The Bertz CT molecular complexity index is 1440. The molecule has 3 aliphatic carbocycles. The number of aromatic nitrogens is 1. The minimum atomic E-state index is -0.587. The molecule has 3 fully saturated rings. The second-order valence-corrected chi connectivity index (χ2v) is 9.92. The number of rotatable bonds is 9. The number of benzene rings is 2. The zero-order chi connectivity index (χ0) is 26.2. The number of hydrogen-bond donors (Lipinski definition) is 4. The first-order valence-corrected chi connectivity index (χ1v) is 12.2. The van der Waals surface area contributed by atoms with Gasteiger partial charge in [0, 0.05) is 41.2 Å². The number of allylic oxidation sites excluding steroid dienone is 1. The number of primary amides is 1. The number of aryl methyl sites for hydroxylation is 1. The zero-order valence-corrected chi connectivity index (χ0v) is 20.4. The Labute approximate surface area is 213 Å². The number of carbonyl (C=O) groups excluding carboxylic acids is 2. The first-order chi connectivity index (χ1) is 17.7. The van der Waals surface area contributed by atoms with Crippen molar-refractivity contribution < 1.29 is 18.7 Å². The molecule has 5 N–H and O–H groups in total. The molecule has 9 heteroatoms. The van der Waals surface area contributed by atoms with Gasteiger partial charge in [-0.25, -0.2) is 4.39 Å². The van der Waals surface area contributed by atoms with Crippen LogP contribution in [0.2, 0.25) is 0 Å². The van der Waals surface area contributed by atoms with E-state index in [0.29, 0.717) is 33.5 Å². The Hall–Kier alpha value is -4.27. The molecule has 2 bridgehead atoms. The van der Waals surface area contributed by atoms with Crippen molar-refractivity contribution in [1.82, 2.24) is 15.6 Å². The third-order valence-electron chi connectivity index (χ3n) is 7.26. The minimum absolute atomic E-state index is 0.101. The maximum atomic E-state index is 15.0. The quantitative estimate of drug-likeness (QED) is 0.326. The van der Waals surface area contributed by atoms with Crippen molar-refractivity contribution in [1.29, 1.82) is 5.41 Å². The van der Waals surface area contributed by atoms with Crippen LogP contribution in [0.15, 0.2) is 54.5 Å². The number of nitrogens with two attached hydrogens (primary N) is 1. The van der Waals surface area contributed by atoms with Crippen LogP contribution in [0, 0.1) is 24.1 Å². The highest BCUT2D eigenvalue weighted by molar-refractivity contribution is 5.98. The van der Waals surface area contributed by atoms with Gasteiger partial charge in [0.2, 0.25) is 11.8 Å². The Morgan fingerprint density at radius 3 is 2.76 bits per heavy atom. The van der Waals surface area contributed by atoms with Crippen molar-refractivity contribution in [2.75, 3.05) is 0 Å². The van der Waals surface area contributed by atoms with Crippen LogP contribution >= 0.6 is 0 Å². The lowest BCUT2D eigenvalue weighted by atomic mass is 9.77. The first kappa shape index (κ1) is 24.4. The topological polar surface area (TPSA) is 130 Å². The van der Waals surface area contributed by atoms with Crippen molar-refractivity contribution >= 4 is 28.9 Å². The summed E-state index contributed by atoms with van der Waals surface area (Å²) in [6.45, 7) is 1.76.